The molecule has 1 aromatic carbocycles. The number of hydrogen-bond donors (Lipinski definition) is 1. The summed E-state index contributed by atoms with van der Waals surface area (Å²) in [7, 11) is 0. The largest absolute Gasteiger partial charge is 0.436 e. The summed E-state index contributed by atoms with van der Waals surface area (Å²) in [6, 6.07) is 6.90. The molecular weight excluding hydrogens is 228 g/mol. The highest BCUT2D eigenvalue weighted by Gasteiger charge is 2.07. The van der Waals surface area contributed by atoms with Crippen molar-refractivity contribution in [3.05, 3.63) is 41.3 Å². The molecule has 0 radical (unpaired) electrons. The van der Waals surface area contributed by atoms with E-state index in [2.05, 4.69) is 9.97 Å². The van der Waals surface area contributed by atoms with Crippen molar-refractivity contribution in [3.63, 3.8) is 0 Å². The Bertz CT molecular complexity index is 631. The molecule has 0 aliphatic heterocycles. The van der Waals surface area contributed by atoms with Gasteiger partial charge in [0.25, 0.3) is 0 Å². The van der Waals surface area contributed by atoms with Crippen molar-refractivity contribution in [2.45, 2.75) is 13.8 Å². The minimum atomic E-state index is 0.361. The molecule has 0 unspecified atom stereocenters. The first kappa shape index (κ1) is 11.9. The van der Waals surface area contributed by atoms with E-state index in [9.17, 15) is 0 Å². The summed E-state index contributed by atoms with van der Waals surface area (Å²) in [4.78, 5) is 8.39. The molecule has 90 valence electrons. The molecule has 0 fully saturated rings. The van der Waals surface area contributed by atoms with Crippen molar-refractivity contribution in [2.75, 3.05) is 5.73 Å². The standard InChI is InChI=1S/C13H12N4O/c1-8-9(2)17-13(7-16-8)18-12-4-3-11(15)5-10(12)6-14/h3-5,7H,15H2,1-2H3. The van der Waals surface area contributed by atoms with Gasteiger partial charge in [-0.25, -0.2) is 4.98 Å². The Morgan fingerprint density at radius 2 is 2.06 bits per heavy atom. The lowest BCUT2D eigenvalue weighted by Crippen LogP contribution is -1.97. The summed E-state index contributed by atoms with van der Waals surface area (Å²) in [6.45, 7) is 3.72. The Balaban J connectivity index is 2.34. The third-order valence-electron chi connectivity index (χ3n) is 2.51. The monoisotopic (exact) mass is 240 g/mol. The van der Waals surface area contributed by atoms with E-state index in [4.69, 9.17) is 15.7 Å². The molecule has 0 saturated heterocycles. The number of benzene rings is 1. The smallest absolute Gasteiger partial charge is 0.238 e. The average molecular weight is 240 g/mol. The Morgan fingerprint density at radius 1 is 1.28 bits per heavy atom. The zero-order valence-corrected chi connectivity index (χ0v) is 10.1. The van der Waals surface area contributed by atoms with Crippen LogP contribution in [0.2, 0.25) is 0 Å². The summed E-state index contributed by atoms with van der Waals surface area (Å²) < 4.78 is 5.54. The summed E-state index contributed by atoms with van der Waals surface area (Å²) in [5.41, 5.74) is 8.14. The second-order valence-corrected chi connectivity index (χ2v) is 3.85. The van der Waals surface area contributed by atoms with E-state index in [1.165, 1.54) is 6.20 Å². The second kappa shape index (κ2) is 4.72. The van der Waals surface area contributed by atoms with Gasteiger partial charge in [-0.2, -0.15) is 5.26 Å². The van der Waals surface area contributed by atoms with Crippen molar-refractivity contribution < 1.29 is 4.74 Å². The van der Waals surface area contributed by atoms with E-state index in [1.807, 2.05) is 19.9 Å². The predicted octanol–water partition coefficient (Wildman–Crippen LogP) is 2.34. The molecule has 0 aliphatic carbocycles. The molecule has 0 aliphatic rings. The van der Waals surface area contributed by atoms with E-state index >= 15 is 0 Å². The van der Waals surface area contributed by atoms with Crippen LogP contribution in [-0.2, 0) is 0 Å². The van der Waals surface area contributed by atoms with Crippen molar-refractivity contribution in [1.29, 1.82) is 5.26 Å². The van der Waals surface area contributed by atoms with Crippen molar-refractivity contribution in [1.82, 2.24) is 9.97 Å². The molecule has 2 aromatic rings. The highest BCUT2D eigenvalue weighted by molar-refractivity contribution is 5.53. The second-order valence-electron chi connectivity index (χ2n) is 3.85. The molecule has 1 aromatic heterocycles. The normalized spacial score (nSPS) is 9.83. The van der Waals surface area contributed by atoms with Crippen LogP contribution in [0.3, 0.4) is 0 Å². The predicted molar refractivity (Wildman–Crippen MR) is 67.1 cm³/mol. The molecule has 5 nitrogen and oxygen atoms in total. The molecule has 0 spiro atoms. The number of rotatable bonds is 2. The van der Waals surface area contributed by atoms with Crippen LogP contribution in [0.25, 0.3) is 0 Å². The van der Waals surface area contributed by atoms with Crippen LogP contribution < -0.4 is 10.5 Å². The van der Waals surface area contributed by atoms with E-state index in [0.29, 0.717) is 22.9 Å². The maximum Gasteiger partial charge on any atom is 0.238 e. The topological polar surface area (TPSA) is 84.8 Å². The lowest BCUT2D eigenvalue weighted by atomic mass is 10.2. The third kappa shape index (κ3) is 2.38. The number of ether oxygens (including phenoxy) is 1. The zero-order chi connectivity index (χ0) is 13.1. The molecule has 2 rings (SSSR count). The molecule has 0 atom stereocenters. The maximum absolute atomic E-state index is 9.00. The first-order valence-corrected chi connectivity index (χ1v) is 5.38. The van der Waals surface area contributed by atoms with Gasteiger partial charge in [0, 0.05) is 5.69 Å². The average Bonchev–Trinajstić information content (AvgIpc) is 2.36. The lowest BCUT2D eigenvalue weighted by Gasteiger charge is -2.08. The highest BCUT2D eigenvalue weighted by atomic mass is 16.5. The highest BCUT2D eigenvalue weighted by Crippen LogP contribution is 2.25. The number of hydrogen-bond acceptors (Lipinski definition) is 5. The molecule has 0 bridgehead atoms. The van der Waals surface area contributed by atoms with Gasteiger partial charge in [-0.05, 0) is 32.0 Å². The molecule has 2 N–H and O–H groups in total. The number of aryl methyl sites for hydroxylation is 2. The van der Waals surface area contributed by atoms with E-state index in [1.54, 1.807) is 18.2 Å². The van der Waals surface area contributed by atoms with E-state index < -0.39 is 0 Å². The molecular formula is C13H12N4O. The molecule has 0 saturated carbocycles. The number of aromatic nitrogens is 2. The minimum Gasteiger partial charge on any atom is -0.436 e. The first-order valence-electron chi connectivity index (χ1n) is 5.38. The number of nitrogen functional groups attached to an aromatic ring is 1. The Morgan fingerprint density at radius 3 is 2.72 bits per heavy atom. The van der Waals surface area contributed by atoms with Gasteiger partial charge in [-0.15, -0.1) is 0 Å². The van der Waals surface area contributed by atoms with Gasteiger partial charge in [-0.1, -0.05) is 0 Å². The number of nitriles is 1. The van der Waals surface area contributed by atoms with Crippen LogP contribution in [0, 0.1) is 25.2 Å². The number of nitrogens with two attached hydrogens (primary N) is 1. The van der Waals surface area contributed by atoms with Crippen LogP contribution >= 0.6 is 0 Å². The molecule has 1 heterocycles. The summed E-state index contributed by atoms with van der Waals surface area (Å²) in [5, 5.41) is 9.00. The van der Waals surface area contributed by atoms with Gasteiger partial charge < -0.3 is 10.5 Å². The van der Waals surface area contributed by atoms with Crippen LogP contribution in [0.1, 0.15) is 17.0 Å². The molecule has 0 amide bonds. The fourth-order valence-corrected chi connectivity index (χ4v) is 1.41. The first-order chi connectivity index (χ1) is 8.60. The summed E-state index contributed by atoms with van der Waals surface area (Å²) in [5.74, 6) is 0.781. The van der Waals surface area contributed by atoms with Gasteiger partial charge in [0.15, 0.2) is 0 Å². The fourth-order valence-electron chi connectivity index (χ4n) is 1.41. The number of nitrogens with zero attached hydrogens (tertiary/aromatic N) is 3. The van der Waals surface area contributed by atoms with Crippen LogP contribution in [0.5, 0.6) is 11.6 Å². The van der Waals surface area contributed by atoms with Gasteiger partial charge in [-0.3, -0.25) is 4.98 Å². The van der Waals surface area contributed by atoms with E-state index in [-0.39, 0.29) is 0 Å². The maximum atomic E-state index is 9.00. The van der Waals surface area contributed by atoms with Gasteiger partial charge in [0.05, 0.1) is 23.1 Å². The number of anilines is 1. The Kier molecular flexibility index (Phi) is 3.11. The van der Waals surface area contributed by atoms with Crippen molar-refractivity contribution >= 4 is 5.69 Å². The SMILES string of the molecule is Cc1ncc(Oc2ccc(N)cc2C#N)nc1C. The Hall–Kier alpha value is -2.61. The van der Waals surface area contributed by atoms with Crippen LogP contribution in [0.15, 0.2) is 24.4 Å². The quantitative estimate of drug-likeness (QED) is 0.814. The van der Waals surface area contributed by atoms with E-state index in [0.717, 1.165) is 11.4 Å². The minimum absolute atomic E-state index is 0.361. The van der Waals surface area contributed by atoms with Gasteiger partial charge >= 0.3 is 0 Å². The Labute approximate surface area is 105 Å². The van der Waals surface area contributed by atoms with Gasteiger partial charge in [0.2, 0.25) is 5.88 Å². The summed E-state index contributed by atoms with van der Waals surface area (Å²) in [6.07, 6.45) is 1.53. The zero-order valence-electron chi connectivity index (χ0n) is 10.1. The molecule has 5 heteroatoms. The third-order valence-corrected chi connectivity index (χ3v) is 2.51. The summed E-state index contributed by atoms with van der Waals surface area (Å²) >= 11 is 0. The molecule has 18 heavy (non-hydrogen) atoms. The van der Waals surface area contributed by atoms with Crippen LogP contribution in [0.4, 0.5) is 5.69 Å². The van der Waals surface area contributed by atoms with Crippen LogP contribution in [-0.4, -0.2) is 9.97 Å². The fraction of sp³-hybridized carbons (Fsp3) is 0.154. The lowest BCUT2D eigenvalue weighted by molar-refractivity contribution is 0.456. The van der Waals surface area contributed by atoms with Crippen molar-refractivity contribution in [2.24, 2.45) is 0 Å². The van der Waals surface area contributed by atoms with Gasteiger partial charge in [0.1, 0.15) is 11.8 Å². The van der Waals surface area contributed by atoms with Crippen molar-refractivity contribution in [3.8, 4) is 17.7 Å².